The van der Waals surface area contributed by atoms with Gasteiger partial charge in [0.25, 0.3) is 0 Å². The minimum Gasteiger partial charge on any atom is -0.0881 e. The highest BCUT2D eigenvalue weighted by Gasteiger charge is 1.78. The Bertz CT molecular complexity index is 325. The van der Waals surface area contributed by atoms with E-state index in [2.05, 4.69) is 30.6 Å². The van der Waals surface area contributed by atoms with Crippen molar-refractivity contribution >= 4 is 0 Å². The molecule has 0 nitrogen and oxygen atoms in total. The van der Waals surface area contributed by atoms with Crippen LogP contribution in [0.4, 0.5) is 0 Å². The largest absolute Gasteiger partial charge is 0.0881 e. The molecular weight excluding hydrogens is 132 g/mol. The molecule has 1 aromatic carbocycles. The minimum atomic E-state index is 0.982. The van der Waals surface area contributed by atoms with Crippen LogP contribution in [0, 0.1) is 30.6 Å². The van der Waals surface area contributed by atoms with Gasteiger partial charge in [-0.1, -0.05) is 30.0 Å². The second-order valence-electron chi connectivity index (χ2n) is 1.92. The van der Waals surface area contributed by atoms with E-state index in [0.717, 1.165) is 5.56 Å². The molecule has 0 N–H and O–H groups in total. The van der Waals surface area contributed by atoms with Crippen LogP contribution in [-0.4, -0.2) is 0 Å². The van der Waals surface area contributed by atoms with Gasteiger partial charge in [0.2, 0.25) is 0 Å². The van der Waals surface area contributed by atoms with Gasteiger partial charge in [0.05, 0.1) is 0 Å². The molecule has 0 heteroatoms. The molecule has 0 saturated heterocycles. The predicted octanol–water partition coefficient (Wildman–Crippen LogP) is 1.88. The molecule has 0 saturated carbocycles. The molecule has 0 heterocycles. The van der Waals surface area contributed by atoms with E-state index in [0.29, 0.717) is 0 Å². The average molecular weight is 139 g/mol. The minimum absolute atomic E-state index is 0.982. The van der Waals surface area contributed by atoms with Crippen LogP contribution >= 0.6 is 0 Å². The normalized spacial score (nSPS) is 7.00. The maximum absolute atomic E-state index is 3.35. The standard InChI is InChI=1S/C11H7/c1-2-3-5-8-11-9-6-4-7-10-11/h4,6-7,9-10H,1H2. The van der Waals surface area contributed by atoms with Crippen molar-refractivity contribution in [3.05, 3.63) is 42.8 Å². The van der Waals surface area contributed by atoms with Crippen LogP contribution < -0.4 is 0 Å². The lowest BCUT2D eigenvalue weighted by atomic mass is 10.2. The van der Waals surface area contributed by atoms with Crippen molar-refractivity contribution in [2.75, 3.05) is 0 Å². The highest BCUT2D eigenvalue weighted by Crippen LogP contribution is 1.93. The fourth-order valence-corrected chi connectivity index (χ4v) is 0.669. The maximum atomic E-state index is 3.35. The van der Waals surface area contributed by atoms with Gasteiger partial charge < -0.3 is 0 Å². The van der Waals surface area contributed by atoms with E-state index in [9.17, 15) is 0 Å². The summed E-state index contributed by atoms with van der Waals surface area (Å²) in [5, 5.41) is 0. The molecule has 0 bridgehead atoms. The Morgan fingerprint density at radius 1 is 1.00 bits per heavy atom. The van der Waals surface area contributed by atoms with Gasteiger partial charge in [-0.25, -0.2) is 0 Å². The Morgan fingerprint density at radius 2 is 1.73 bits per heavy atom. The van der Waals surface area contributed by atoms with Gasteiger partial charge in [-0.05, 0) is 24.0 Å². The summed E-state index contributed by atoms with van der Waals surface area (Å²) in [6.07, 6.45) is 0. The van der Waals surface area contributed by atoms with Crippen LogP contribution in [0.1, 0.15) is 5.56 Å². The molecule has 0 spiro atoms. The quantitative estimate of drug-likeness (QED) is 0.481. The molecule has 0 aliphatic carbocycles. The predicted molar refractivity (Wildman–Crippen MR) is 46.5 cm³/mol. The van der Waals surface area contributed by atoms with Gasteiger partial charge in [-0.15, -0.1) is 0 Å². The van der Waals surface area contributed by atoms with Crippen molar-refractivity contribution in [1.82, 2.24) is 0 Å². The summed E-state index contributed by atoms with van der Waals surface area (Å²) in [4.78, 5) is 0. The Hall–Kier alpha value is -1.66. The molecule has 0 aromatic heterocycles. The Morgan fingerprint density at radius 3 is 2.36 bits per heavy atom. The van der Waals surface area contributed by atoms with Crippen LogP contribution in [0.5, 0.6) is 0 Å². The van der Waals surface area contributed by atoms with E-state index in [4.69, 9.17) is 0 Å². The fraction of sp³-hybridized carbons (Fsp3) is 0. The molecular formula is C11H7. The number of benzene rings is 1. The second-order valence-corrected chi connectivity index (χ2v) is 1.92. The van der Waals surface area contributed by atoms with Gasteiger partial charge >= 0.3 is 0 Å². The van der Waals surface area contributed by atoms with E-state index < -0.39 is 0 Å². The highest BCUT2D eigenvalue weighted by molar-refractivity contribution is 5.39. The Labute approximate surface area is 67.3 Å². The van der Waals surface area contributed by atoms with Crippen LogP contribution in [0.2, 0.25) is 0 Å². The molecule has 1 rings (SSSR count). The van der Waals surface area contributed by atoms with Crippen molar-refractivity contribution in [3.8, 4) is 23.7 Å². The highest BCUT2D eigenvalue weighted by atomic mass is 13.8. The molecule has 1 aromatic rings. The third-order valence-corrected chi connectivity index (χ3v) is 1.13. The van der Waals surface area contributed by atoms with E-state index in [-0.39, 0.29) is 0 Å². The molecule has 0 unspecified atom stereocenters. The monoisotopic (exact) mass is 139 g/mol. The van der Waals surface area contributed by atoms with E-state index >= 15 is 0 Å². The first-order chi connectivity index (χ1) is 5.43. The molecule has 0 fully saturated rings. The van der Waals surface area contributed by atoms with Crippen LogP contribution in [0.15, 0.2) is 30.3 Å². The van der Waals surface area contributed by atoms with Gasteiger partial charge in [-0.2, -0.15) is 0 Å². The smallest absolute Gasteiger partial charge is 0.0255 e. The zero-order chi connectivity index (χ0) is 7.94. The number of hydrogen-bond donors (Lipinski definition) is 0. The first kappa shape index (κ1) is 7.45. The van der Waals surface area contributed by atoms with Crippen molar-refractivity contribution in [3.63, 3.8) is 0 Å². The van der Waals surface area contributed by atoms with Gasteiger partial charge in [0.15, 0.2) is 0 Å². The SMILES string of the molecule is [CH2]C#CC#Cc1ccccc1. The van der Waals surface area contributed by atoms with Crippen LogP contribution in [0.3, 0.4) is 0 Å². The summed E-state index contributed by atoms with van der Waals surface area (Å²) in [6.45, 7) is 3.35. The van der Waals surface area contributed by atoms with Gasteiger partial charge in [-0.3, -0.25) is 0 Å². The van der Waals surface area contributed by atoms with Crippen LogP contribution in [-0.2, 0) is 0 Å². The van der Waals surface area contributed by atoms with E-state index in [1.165, 1.54) is 0 Å². The maximum Gasteiger partial charge on any atom is 0.0255 e. The van der Waals surface area contributed by atoms with Crippen molar-refractivity contribution in [2.45, 2.75) is 0 Å². The van der Waals surface area contributed by atoms with Crippen molar-refractivity contribution in [1.29, 1.82) is 0 Å². The summed E-state index contributed by atoms with van der Waals surface area (Å²) in [5.74, 6) is 10.6. The van der Waals surface area contributed by atoms with Gasteiger partial charge in [0.1, 0.15) is 0 Å². The zero-order valence-electron chi connectivity index (χ0n) is 6.09. The van der Waals surface area contributed by atoms with Crippen LogP contribution in [0.25, 0.3) is 0 Å². The fourth-order valence-electron chi connectivity index (χ4n) is 0.669. The molecule has 0 aliphatic rings. The summed E-state index contributed by atoms with van der Waals surface area (Å²) >= 11 is 0. The molecule has 0 aliphatic heterocycles. The van der Waals surface area contributed by atoms with Gasteiger partial charge in [0, 0.05) is 12.5 Å². The third-order valence-electron chi connectivity index (χ3n) is 1.13. The first-order valence-corrected chi connectivity index (χ1v) is 3.26. The summed E-state index contributed by atoms with van der Waals surface area (Å²) in [7, 11) is 0. The average Bonchev–Trinajstić information content (AvgIpc) is 2.07. The molecule has 0 atom stereocenters. The van der Waals surface area contributed by atoms with Crippen molar-refractivity contribution in [2.24, 2.45) is 0 Å². The Kier molecular flexibility index (Phi) is 2.85. The van der Waals surface area contributed by atoms with E-state index in [1.54, 1.807) is 0 Å². The lowest BCUT2D eigenvalue weighted by molar-refractivity contribution is 1.65. The molecule has 11 heavy (non-hydrogen) atoms. The summed E-state index contributed by atoms with van der Waals surface area (Å²) in [5.41, 5.74) is 0.982. The lowest BCUT2D eigenvalue weighted by Crippen LogP contribution is -1.68. The first-order valence-electron chi connectivity index (χ1n) is 3.26. The summed E-state index contributed by atoms with van der Waals surface area (Å²) < 4.78 is 0. The van der Waals surface area contributed by atoms with Crippen molar-refractivity contribution < 1.29 is 0 Å². The third kappa shape index (κ3) is 2.61. The molecule has 1 radical (unpaired) electrons. The second kappa shape index (κ2) is 4.20. The number of rotatable bonds is 0. The van der Waals surface area contributed by atoms with E-state index in [1.807, 2.05) is 30.3 Å². The Balaban J connectivity index is 2.80. The molecule has 0 amide bonds. The molecule has 51 valence electrons. The zero-order valence-corrected chi connectivity index (χ0v) is 6.09. The lowest BCUT2D eigenvalue weighted by Gasteiger charge is -1.83. The number of hydrogen-bond acceptors (Lipinski definition) is 0. The summed E-state index contributed by atoms with van der Waals surface area (Å²) in [6, 6.07) is 9.73. The topological polar surface area (TPSA) is 0 Å².